The topological polar surface area (TPSA) is 62.5 Å². The van der Waals surface area contributed by atoms with Crippen molar-refractivity contribution < 1.29 is 0 Å². The first-order valence-electron chi connectivity index (χ1n) is 6.58. The molecule has 4 nitrogen and oxygen atoms in total. The second kappa shape index (κ2) is 5.81. The summed E-state index contributed by atoms with van der Waals surface area (Å²) in [4.78, 5) is 14.3. The normalized spacial score (nSPS) is 10.3. The fourth-order valence-electron chi connectivity index (χ4n) is 2.00. The minimum atomic E-state index is 0.564. The largest absolute Gasteiger partial charge is 0.264 e. The zero-order valence-corrected chi connectivity index (χ0v) is 12.3. The van der Waals surface area contributed by atoms with Gasteiger partial charge in [0.15, 0.2) is 0 Å². The van der Waals surface area contributed by atoms with Crippen LogP contribution in [0.15, 0.2) is 42.9 Å². The van der Waals surface area contributed by atoms with E-state index in [1.165, 1.54) is 0 Å². The van der Waals surface area contributed by atoms with Crippen molar-refractivity contribution in [1.29, 1.82) is 5.26 Å². The first kappa shape index (κ1) is 13.4. The van der Waals surface area contributed by atoms with Crippen LogP contribution in [0.1, 0.15) is 18.2 Å². The lowest BCUT2D eigenvalue weighted by Gasteiger charge is -1.98. The van der Waals surface area contributed by atoms with Crippen molar-refractivity contribution in [3.63, 3.8) is 0 Å². The zero-order chi connectivity index (χ0) is 14.7. The summed E-state index contributed by atoms with van der Waals surface area (Å²) in [5, 5.41) is 9.79. The number of rotatable bonds is 3. The Kier molecular flexibility index (Phi) is 3.71. The van der Waals surface area contributed by atoms with Gasteiger partial charge in [0.1, 0.15) is 11.1 Å². The molecule has 0 aliphatic heterocycles. The molecule has 3 heterocycles. The summed E-state index contributed by atoms with van der Waals surface area (Å²) in [6.45, 7) is 2.08. The van der Waals surface area contributed by atoms with E-state index in [4.69, 9.17) is 10.2 Å². The molecule has 3 aromatic heterocycles. The summed E-state index contributed by atoms with van der Waals surface area (Å²) in [6, 6.07) is 9.64. The van der Waals surface area contributed by atoms with Crippen LogP contribution in [-0.4, -0.2) is 15.0 Å². The molecule has 3 aromatic rings. The molecule has 0 aliphatic rings. The van der Waals surface area contributed by atoms with E-state index in [1.807, 2.05) is 24.4 Å². The Morgan fingerprint density at radius 3 is 2.76 bits per heavy atom. The molecular formula is C16H12N4S. The molecule has 0 saturated carbocycles. The number of hydrogen-bond acceptors (Lipinski definition) is 5. The summed E-state index contributed by atoms with van der Waals surface area (Å²) in [6.07, 6.45) is 6.00. The number of nitriles is 1. The maximum absolute atomic E-state index is 8.85. The molecule has 0 amide bonds. The second-order valence-electron chi connectivity index (χ2n) is 4.43. The molecule has 102 valence electrons. The molecule has 0 N–H and O–H groups in total. The Labute approximate surface area is 126 Å². The molecule has 0 bridgehead atoms. The third kappa shape index (κ3) is 2.67. The van der Waals surface area contributed by atoms with Gasteiger partial charge in [-0.2, -0.15) is 5.26 Å². The molecule has 3 rings (SSSR count). The van der Waals surface area contributed by atoms with Crippen molar-refractivity contribution in [1.82, 2.24) is 15.0 Å². The van der Waals surface area contributed by atoms with Crippen molar-refractivity contribution in [3.05, 3.63) is 54.1 Å². The number of thiazole rings is 1. The van der Waals surface area contributed by atoms with Crippen molar-refractivity contribution in [2.45, 2.75) is 13.3 Å². The smallest absolute Gasteiger partial charge is 0.125 e. The maximum Gasteiger partial charge on any atom is 0.125 e. The van der Waals surface area contributed by atoms with E-state index in [9.17, 15) is 0 Å². The van der Waals surface area contributed by atoms with Gasteiger partial charge in [-0.25, -0.2) is 4.98 Å². The number of nitrogens with zero attached hydrogens (tertiary/aromatic N) is 4. The molecular weight excluding hydrogens is 280 g/mol. The predicted octanol–water partition coefficient (Wildman–Crippen LogP) is 3.70. The highest BCUT2D eigenvalue weighted by atomic mass is 32.1. The minimum absolute atomic E-state index is 0.564. The molecule has 0 unspecified atom stereocenters. The minimum Gasteiger partial charge on any atom is -0.264 e. The molecule has 0 saturated heterocycles. The van der Waals surface area contributed by atoms with Crippen LogP contribution in [0, 0.1) is 11.3 Å². The molecule has 0 spiro atoms. The lowest BCUT2D eigenvalue weighted by atomic mass is 10.2. The van der Waals surface area contributed by atoms with Crippen molar-refractivity contribution >= 4 is 11.3 Å². The molecule has 21 heavy (non-hydrogen) atoms. The standard InChI is InChI=1S/C16H12N4S/c1-2-13-15(14-6-5-11(8-17)9-19-14)21-16(20-13)12-4-3-7-18-10-12/h3-7,9-10H,2H2,1H3. The molecule has 5 heteroatoms. The van der Waals surface area contributed by atoms with Crippen LogP contribution in [0.5, 0.6) is 0 Å². The van der Waals surface area contributed by atoms with Crippen LogP contribution in [0.3, 0.4) is 0 Å². The summed E-state index contributed by atoms with van der Waals surface area (Å²) >= 11 is 1.61. The third-order valence-corrected chi connectivity index (χ3v) is 4.24. The number of hydrogen-bond donors (Lipinski definition) is 0. The summed E-state index contributed by atoms with van der Waals surface area (Å²) < 4.78 is 0. The van der Waals surface area contributed by atoms with Crippen LogP contribution < -0.4 is 0 Å². The highest BCUT2D eigenvalue weighted by molar-refractivity contribution is 7.18. The fourth-order valence-corrected chi connectivity index (χ4v) is 3.12. The van der Waals surface area contributed by atoms with Crippen LogP contribution in [0.2, 0.25) is 0 Å². The third-order valence-electron chi connectivity index (χ3n) is 3.07. The van der Waals surface area contributed by atoms with E-state index in [0.29, 0.717) is 5.56 Å². The predicted molar refractivity (Wildman–Crippen MR) is 82.7 cm³/mol. The van der Waals surface area contributed by atoms with Gasteiger partial charge in [-0.3, -0.25) is 9.97 Å². The Balaban J connectivity index is 2.06. The number of aryl methyl sites for hydroxylation is 1. The number of aromatic nitrogens is 3. The van der Waals surface area contributed by atoms with Gasteiger partial charge in [-0.15, -0.1) is 11.3 Å². The van der Waals surface area contributed by atoms with E-state index in [1.54, 1.807) is 29.8 Å². The van der Waals surface area contributed by atoms with E-state index < -0.39 is 0 Å². The van der Waals surface area contributed by atoms with Crippen molar-refractivity contribution in [2.75, 3.05) is 0 Å². The molecule has 0 fully saturated rings. The Hall–Kier alpha value is -2.58. The Bertz CT molecular complexity index is 785. The van der Waals surface area contributed by atoms with E-state index in [0.717, 1.165) is 33.3 Å². The number of pyridine rings is 2. The summed E-state index contributed by atoms with van der Waals surface area (Å²) in [5.41, 5.74) is 3.46. The summed E-state index contributed by atoms with van der Waals surface area (Å²) in [7, 11) is 0. The molecule has 0 aromatic carbocycles. The van der Waals surface area contributed by atoms with Crippen LogP contribution in [0.4, 0.5) is 0 Å². The molecule has 0 atom stereocenters. The second-order valence-corrected chi connectivity index (χ2v) is 5.43. The Morgan fingerprint density at radius 1 is 1.24 bits per heavy atom. The lowest BCUT2D eigenvalue weighted by Crippen LogP contribution is -1.87. The SMILES string of the molecule is CCc1nc(-c2cccnc2)sc1-c1ccc(C#N)cn1. The van der Waals surface area contributed by atoms with Crippen LogP contribution >= 0.6 is 11.3 Å². The maximum atomic E-state index is 8.85. The molecule has 0 radical (unpaired) electrons. The monoisotopic (exact) mass is 292 g/mol. The van der Waals surface area contributed by atoms with E-state index in [-0.39, 0.29) is 0 Å². The van der Waals surface area contributed by atoms with E-state index >= 15 is 0 Å². The fraction of sp³-hybridized carbons (Fsp3) is 0.125. The average molecular weight is 292 g/mol. The first-order chi connectivity index (χ1) is 10.3. The van der Waals surface area contributed by atoms with Gasteiger partial charge in [-0.1, -0.05) is 6.92 Å². The lowest BCUT2D eigenvalue weighted by molar-refractivity contribution is 1.06. The van der Waals surface area contributed by atoms with Gasteiger partial charge in [0.05, 0.1) is 21.8 Å². The zero-order valence-electron chi connectivity index (χ0n) is 11.4. The van der Waals surface area contributed by atoms with Gasteiger partial charge < -0.3 is 0 Å². The van der Waals surface area contributed by atoms with Gasteiger partial charge in [-0.05, 0) is 30.7 Å². The van der Waals surface area contributed by atoms with Gasteiger partial charge in [0.2, 0.25) is 0 Å². The van der Waals surface area contributed by atoms with Crippen molar-refractivity contribution in [3.8, 4) is 27.2 Å². The summed E-state index contributed by atoms with van der Waals surface area (Å²) in [5.74, 6) is 0. The van der Waals surface area contributed by atoms with Gasteiger partial charge in [0, 0.05) is 24.2 Å². The molecule has 0 aliphatic carbocycles. The quantitative estimate of drug-likeness (QED) is 0.738. The van der Waals surface area contributed by atoms with E-state index in [2.05, 4.69) is 23.0 Å². The average Bonchev–Trinajstić information content (AvgIpc) is 3.00. The highest BCUT2D eigenvalue weighted by Gasteiger charge is 2.14. The highest BCUT2D eigenvalue weighted by Crippen LogP contribution is 2.34. The van der Waals surface area contributed by atoms with Crippen LogP contribution in [-0.2, 0) is 6.42 Å². The van der Waals surface area contributed by atoms with Crippen LogP contribution in [0.25, 0.3) is 21.1 Å². The van der Waals surface area contributed by atoms with Gasteiger partial charge >= 0.3 is 0 Å². The van der Waals surface area contributed by atoms with Crippen molar-refractivity contribution in [2.24, 2.45) is 0 Å². The first-order valence-corrected chi connectivity index (χ1v) is 7.40. The Morgan fingerprint density at radius 2 is 2.14 bits per heavy atom. The van der Waals surface area contributed by atoms with Gasteiger partial charge in [0.25, 0.3) is 0 Å².